The maximum atomic E-state index is 12.3. The number of ether oxygens (including phenoxy) is 1. The van der Waals surface area contributed by atoms with Gasteiger partial charge in [-0.25, -0.2) is 0 Å². The van der Waals surface area contributed by atoms with E-state index < -0.39 is 5.60 Å². The van der Waals surface area contributed by atoms with Gasteiger partial charge in [-0.2, -0.15) is 0 Å². The second kappa shape index (κ2) is 6.58. The van der Waals surface area contributed by atoms with E-state index in [0.29, 0.717) is 31.7 Å². The number of β-amino-alcohol motifs (C(OH)–C–C–N with tert-alkyl or cyclic N) is 1. The molecule has 2 aliphatic rings. The molecule has 1 aromatic carbocycles. The molecule has 0 unspecified atom stereocenters. The van der Waals surface area contributed by atoms with Crippen LogP contribution < -0.4 is 4.74 Å². The molecule has 0 aromatic heterocycles. The van der Waals surface area contributed by atoms with Crippen LogP contribution in [0.2, 0.25) is 0 Å². The number of carbonyl (C=O) groups excluding carboxylic acids is 2. The minimum atomic E-state index is -1.03. The van der Waals surface area contributed by atoms with Crippen LogP contribution in [0.5, 0.6) is 5.75 Å². The molecule has 3 rings (SSSR count). The Morgan fingerprint density at radius 1 is 1.26 bits per heavy atom. The number of hydrogen-bond acceptors (Lipinski definition) is 4. The van der Waals surface area contributed by atoms with Gasteiger partial charge >= 0.3 is 0 Å². The highest BCUT2D eigenvalue weighted by atomic mass is 16.5. The van der Waals surface area contributed by atoms with Crippen molar-refractivity contribution in [2.24, 2.45) is 0 Å². The van der Waals surface area contributed by atoms with Crippen molar-refractivity contribution in [1.82, 2.24) is 9.80 Å². The molecule has 2 fully saturated rings. The van der Waals surface area contributed by atoms with Crippen molar-refractivity contribution in [1.29, 1.82) is 0 Å². The highest BCUT2D eigenvalue weighted by Gasteiger charge is 2.39. The monoisotopic (exact) mass is 318 g/mol. The minimum absolute atomic E-state index is 0.0419. The van der Waals surface area contributed by atoms with E-state index in [1.54, 1.807) is 9.80 Å². The van der Waals surface area contributed by atoms with E-state index in [9.17, 15) is 14.7 Å². The first-order valence-corrected chi connectivity index (χ1v) is 8.02. The fraction of sp³-hybridized carbons (Fsp3) is 0.529. The van der Waals surface area contributed by atoms with Gasteiger partial charge in [-0.05, 0) is 25.0 Å². The van der Waals surface area contributed by atoms with Crippen LogP contribution in [0.3, 0.4) is 0 Å². The largest absolute Gasteiger partial charge is 0.491 e. The zero-order chi connectivity index (χ0) is 16.3. The molecule has 1 atom stereocenters. The van der Waals surface area contributed by atoms with Gasteiger partial charge in [0, 0.05) is 19.5 Å². The van der Waals surface area contributed by atoms with Gasteiger partial charge in [0.2, 0.25) is 11.8 Å². The summed E-state index contributed by atoms with van der Waals surface area (Å²) < 4.78 is 5.62. The van der Waals surface area contributed by atoms with Crippen molar-refractivity contribution in [2.45, 2.75) is 24.9 Å². The van der Waals surface area contributed by atoms with Gasteiger partial charge in [0.15, 0.2) is 0 Å². The minimum Gasteiger partial charge on any atom is -0.491 e. The lowest BCUT2D eigenvalue weighted by atomic mass is 10.1. The van der Waals surface area contributed by atoms with Gasteiger partial charge in [0.25, 0.3) is 0 Å². The summed E-state index contributed by atoms with van der Waals surface area (Å²) in [6.07, 6.45) is 1.84. The summed E-state index contributed by atoms with van der Waals surface area (Å²) >= 11 is 0. The number of rotatable bonds is 5. The molecule has 23 heavy (non-hydrogen) atoms. The predicted molar refractivity (Wildman–Crippen MR) is 83.9 cm³/mol. The topological polar surface area (TPSA) is 70.1 Å². The number of aliphatic hydroxyl groups is 1. The number of hydrogen-bond donors (Lipinski definition) is 1. The van der Waals surface area contributed by atoms with Gasteiger partial charge < -0.3 is 19.6 Å². The zero-order valence-corrected chi connectivity index (χ0v) is 13.1. The Bertz CT molecular complexity index is 577. The molecule has 6 heteroatoms. The standard InChI is InChI=1S/C17H22N2O4/c20-15-7-4-9-18(15)11-16(21)19-10-8-17(22,12-19)13-23-14-5-2-1-3-6-14/h1-3,5-6,22H,4,7-13H2/t17-/m0/s1. The van der Waals surface area contributed by atoms with E-state index in [1.165, 1.54) is 0 Å². The molecule has 2 amide bonds. The Balaban J connectivity index is 1.50. The highest BCUT2D eigenvalue weighted by molar-refractivity contribution is 5.86. The average molecular weight is 318 g/mol. The number of benzene rings is 1. The van der Waals surface area contributed by atoms with E-state index in [1.807, 2.05) is 30.3 Å². The van der Waals surface area contributed by atoms with Crippen molar-refractivity contribution in [3.8, 4) is 5.75 Å². The number of amides is 2. The van der Waals surface area contributed by atoms with E-state index in [4.69, 9.17) is 4.74 Å². The van der Waals surface area contributed by atoms with Crippen LogP contribution in [-0.4, -0.2) is 65.1 Å². The normalized spacial score (nSPS) is 24.3. The van der Waals surface area contributed by atoms with Gasteiger partial charge in [0.05, 0.1) is 13.1 Å². The summed E-state index contributed by atoms with van der Waals surface area (Å²) in [5, 5.41) is 10.6. The van der Waals surface area contributed by atoms with Gasteiger partial charge in [-0.1, -0.05) is 18.2 Å². The van der Waals surface area contributed by atoms with Crippen molar-refractivity contribution >= 4 is 11.8 Å². The van der Waals surface area contributed by atoms with E-state index >= 15 is 0 Å². The maximum Gasteiger partial charge on any atom is 0.242 e. The van der Waals surface area contributed by atoms with Crippen molar-refractivity contribution in [2.75, 3.05) is 32.8 Å². The SMILES string of the molecule is O=C1CCCN1CC(=O)N1CC[C@@](O)(COc2ccccc2)C1. The van der Waals surface area contributed by atoms with Gasteiger partial charge in [0.1, 0.15) is 18.0 Å². The Hall–Kier alpha value is -2.08. The van der Waals surface area contributed by atoms with Crippen molar-refractivity contribution in [3.05, 3.63) is 30.3 Å². The Morgan fingerprint density at radius 3 is 2.74 bits per heavy atom. The molecular formula is C17H22N2O4. The Labute approximate surface area is 135 Å². The second-order valence-corrected chi connectivity index (χ2v) is 6.31. The molecule has 1 N–H and O–H groups in total. The summed E-state index contributed by atoms with van der Waals surface area (Å²) in [5.74, 6) is 0.643. The molecule has 2 heterocycles. The van der Waals surface area contributed by atoms with Crippen LogP contribution >= 0.6 is 0 Å². The molecule has 0 aliphatic carbocycles. The summed E-state index contributed by atoms with van der Waals surface area (Å²) in [6.45, 7) is 1.67. The molecule has 0 saturated carbocycles. The molecule has 1 aromatic rings. The van der Waals surface area contributed by atoms with Crippen molar-refractivity contribution in [3.63, 3.8) is 0 Å². The summed E-state index contributed by atoms with van der Waals surface area (Å²) in [6, 6.07) is 9.31. The quantitative estimate of drug-likeness (QED) is 0.865. The van der Waals surface area contributed by atoms with Crippen LogP contribution in [0.25, 0.3) is 0 Å². The molecule has 2 aliphatic heterocycles. The third kappa shape index (κ3) is 3.82. The smallest absolute Gasteiger partial charge is 0.242 e. The van der Waals surface area contributed by atoms with E-state index in [0.717, 1.165) is 6.42 Å². The lowest BCUT2D eigenvalue weighted by molar-refractivity contribution is -0.138. The molecule has 0 spiro atoms. The third-order valence-corrected chi connectivity index (χ3v) is 4.43. The van der Waals surface area contributed by atoms with Gasteiger partial charge in [-0.15, -0.1) is 0 Å². The zero-order valence-electron chi connectivity index (χ0n) is 13.1. The third-order valence-electron chi connectivity index (χ3n) is 4.43. The first kappa shape index (κ1) is 15.8. The van der Waals surface area contributed by atoms with Crippen molar-refractivity contribution < 1.29 is 19.4 Å². The average Bonchev–Trinajstić information content (AvgIpc) is 3.14. The first-order chi connectivity index (χ1) is 11.1. The molecule has 2 saturated heterocycles. The van der Waals surface area contributed by atoms with Crippen LogP contribution in [0.15, 0.2) is 30.3 Å². The fourth-order valence-corrected chi connectivity index (χ4v) is 3.06. The van der Waals surface area contributed by atoms with E-state index in [2.05, 4.69) is 0 Å². The first-order valence-electron chi connectivity index (χ1n) is 8.02. The highest BCUT2D eigenvalue weighted by Crippen LogP contribution is 2.23. The van der Waals surface area contributed by atoms with Gasteiger partial charge in [-0.3, -0.25) is 9.59 Å². The van der Waals surface area contributed by atoms with Crippen LogP contribution in [0.1, 0.15) is 19.3 Å². The number of carbonyl (C=O) groups is 2. The summed E-state index contributed by atoms with van der Waals surface area (Å²) in [7, 11) is 0. The number of likely N-dealkylation sites (tertiary alicyclic amines) is 2. The maximum absolute atomic E-state index is 12.3. The predicted octanol–water partition coefficient (Wildman–Crippen LogP) is 0.651. The van der Waals surface area contributed by atoms with Crippen LogP contribution in [0.4, 0.5) is 0 Å². The Morgan fingerprint density at radius 2 is 2.04 bits per heavy atom. The van der Waals surface area contributed by atoms with Crippen LogP contribution in [0, 0.1) is 0 Å². The molecule has 6 nitrogen and oxygen atoms in total. The summed E-state index contributed by atoms with van der Waals surface area (Å²) in [5.41, 5.74) is -1.03. The Kier molecular flexibility index (Phi) is 4.52. The molecule has 0 bridgehead atoms. The second-order valence-electron chi connectivity index (χ2n) is 6.31. The summed E-state index contributed by atoms with van der Waals surface area (Å²) in [4.78, 5) is 27.1. The van der Waals surface area contributed by atoms with Crippen LogP contribution in [-0.2, 0) is 9.59 Å². The molecular weight excluding hydrogens is 296 g/mol. The fourth-order valence-electron chi connectivity index (χ4n) is 3.06. The number of para-hydroxylation sites is 1. The lowest BCUT2D eigenvalue weighted by Gasteiger charge is -2.25. The number of nitrogens with zero attached hydrogens (tertiary/aromatic N) is 2. The molecule has 0 radical (unpaired) electrons. The molecule has 124 valence electrons. The van der Waals surface area contributed by atoms with E-state index in [-0.39, 0.29) is 31.5 Å². The lowest BCUT2D eigenvalue weighted by Crippen LogP contribution is -2.44.